The molecule has 0 amide bonds. The molecule has 4 bridgehead atoms. The fraction of sp³-hybridized carbons (Fsp3) is 0.538. The van der Waals surface area contributed by atoms with E-state index in [2.05, 4.69) is 76.5 Å². The summed E-state index contributed by atoms with van der Waals surface area (Å²) in [7, 11) is 0. The molecule has 1 aromatic carbocycles. The van der Waals surface area contributed by atoms with Gasteiger partial charge >= 0.3 is 0 Å². The molecular weight excluding hydrogens is 616 g/mol. The van der Waals surface area contributed by atoms with Gasteiger partial charge in [-0.1, -0.05) is 47.7 Å². The normalized spacial score (nSPS) is 26.8. The summed E-state index contributed by atoms with van der Waals surface area (Å²) in [6, 6.07) is 6.76. The molecule has 1 atom stereocenters. The summed E-state index contributed by atoms with van der Waals surface area (Å²) < 4.78 is 2.04. The molecule has 0 unspecified atom stereocenters. The minimum atomic E-state index is -0.337. The Morgan fingerprint density at radius 3 is 2.44 bits per heavy atom. The summed E-state index contributed by atoms with van der Waals surface area (Å²) in [6.45, 7) is 15.4. The van der Waals surface area contributed by atoms with Crippen LogP contribution in [0.1, 0.15) is 96.0 Å². The van der Waals surface area contributed by atoms with Gasteiger partial charge in [0, 0.05) is 41.9 Å². The maximum atomic E-state index is 10.2. The van der Waals surface area contributed by atoms with Crippen molar-refractivity contribution in [2.75, 3.05) is 23.7 Å². The zero-order valence-electron chi connectivity index (χ0n) is 28.8. The predicted octanol–water partition coefficient (Wildman–Crippen LogP) is 8.87. The number of likely N-dealkylation sites (tertiary alicyclic amines) is 1. The topological polar surface area (TPSA) is 94.7 Å². The molecule has 4 saturated carbocycles. The number of hydrogen-bond acceptors (Lipinski definition) is 7. The van der Waals surface area contributed by atoms with Gasteiger partial charge in [0.15, 0.2) is 0 Å². The number of pyridine rings is 1. The van der Waals surface area contributed by atoms with Crippen LogP contribution in [0.15, 0.2) is 61.0 Å². The van der Waals surface area contributed by atoms with Crippen molar-refractivity contribution in [3.05, 3.63) is 77.3 Å². The summed E-state index contributed by atoms with van der Waals surface area (Å²) in [4.78, 5) is 7.19. The van der Waals surface area contributed by atoms with E-state index in [0.29, 0.717) is 40.0 Å². The lowest BCUT2D eigenvalue weighted by molar-refractivity contribution is 0.00757. The van der Waals surface area contributed by atoms with E-state index in [1.807, 2.05) is 42.0 Å². The quantitative estimate of drug-likeness (QED) is 0.221. The second-order valence-electron chi connectivity index (χ2n) is 15.7. The van der Waals surface area contributed by atoms with E-state index in [4.69, 9.17) is 11.6 Å². The van der Waals surface area contributed by atoms with E-state index in [0.717, 1.165) is 65.8 Å². The van der Waals surface area contributed by atoms with Crippen molar-refractivity contribution in [1.82, 2.24) is 24.9 Å². The van der Waals surface area contributed by atoms with Gasteiger partial charge in [-0.2, -0.15) is 5.26 Å². The van der Waals surface area contributed by atoms with E-state index < -0.39 is 0 Å². The first-order valence-electron chi connectivity index (χ1n) is 17.8. The van der Waals surface area contributed by atoms with Crippen LogP contribution in [0, 0.1) is 35.0 Å². The lowest BCUT2D eigenvalue weighted by atomic mass is 9.54. The predicted molar refractivity (Wildman–Crippen MR) is 195 cm³/mol. The number of benzene rings is 1. The average Bonchev–Trinajstić information content (AvgIpc) is 3.55. The van der Waals surface area contributed by atoms with Crippen molar-refractivity contribution in [3.63, 3.8) is 0 Å². The van der Waals surface area contributed by atoms with Gasteiger partial charge < -0.3 is 10.6 Å². The van der Waals surface area contributed by atoms with Crippen molar-refractivity contribution in [2.24, 2.45) is 23.7 Å². The lowest BCUT2D eigenvalue weighted by Crippen LogP contribution is -2.51. The Hall–Kier alpha value is -3.67. The Kier molecular flexibility index (Phi) is 9.12. The van der Waals surface area contributed by atoms with Crippen LogP contribution in [-0.4, -0.2) is 49.5 Å². The zero-order valence-corrected chi connectivity index (χ0v) is 29.5. The van der Waals surface area contributed by atoms with Crippen LogP contribution in [0.25, 0.3) is 10.9 Å². The number of fused-ring (bicyclic) bond motifs is 1. The summed E-state index contributed by atoms with van der Waals surface area (Å²) >= 11 is 6.96. The van der Waals surface area contributed by atoms with Crippen LogP contribution in [0.2, 0.25) is 5.02 Å². The van der Waals surface area contributed by atoms with Gasteiger partial charge in [-0.05, 0) is 114 Å². The van der Waals surface area contributed by atoms with E-state index in [1.54, 1.807) is 6.20 Å². The van der Waals surface area contributed by atoms with Crippen LogP contribution in [-0.2, 0) is 0 Å². The van der Waals surface area contributed by atoms with E-state index >= 15 is 0 Å². The molecule has 4 aliphatic carbocycles. The summed E-state index contributed by atoms with van der Waals surface area (Å²) in [5, 5.41) is 28.5. The maximum Gasteiger partial charge on any atom is 0.109 e. The summed E-state index contributed by atoms with van der Waals surface area (Å²) in [6.07, 6.45) is 20.4. The first-order chi connectivity index (χ1) is 23.1. The highest BCUT2D eigenvalue weighted by molar-refractivity contribution is 6.35. The highest BCUT2D eigenvalue weighted by Crippen LogP contribution is 2.54. The smallest absolute Gasteiger partial charge is 0.109 e. The minimum absolute atomic E-state index is 0.167. The average molecular weight is 665 g/mol. The Labute approximate surface area is 290 Å². The second kappa shape index (κ2) is 13.3. The number of aromatic nitrogens is 4. The first kappa shape index (κ1) is 32.9. The van der Waals surface area contributed by atoms with Gasteiger partial charge in [0.05, 0.1) is 40.1 Å². The number of hydrogen-bond donors (Lipinski definition) is 2. The third kappa shape index (κ3) is 6.52. The molecule has 3 aromatic rings. The number of rotatable bonds is 9. The Balaban J connectivity index is 1.19. The van der Waals surface area contributed by atoms with Crippen LogP contribution < -0.4 is 10.6 Å². The third-order valence-electron chi connectivity index (χ3n) is 11.5. The van der Waals surface area contributed by atoms with Crippen molar-refractivity contribution in [3.8, 4) is 6.07 Å². The molecule has 252 valence electrons. The minimum Gasteiger partial charge on any atom is -0.380 e. The molecule has 0 spiro atoms. The largest absolute Gasteiger partial charge is 0.380 e. The number of allylic oxidation sites excluding steroid dienone is 3. The van der Waals surface area contributed by atoms with Crippen molar-refractivity contribution >= 4 is 33.9 Å². The van der Waals surface area contributed by atoms with Crippen LogP contribution in [0.3, 0.4) is 0 Å². The van der Waals surface area contributed by atoms with Gasteiger partial charge in [-0.3, -0.25) is 9.88 Å². The number of halogens is 1. The highest BCUT2D eigenvalue weighted by Gasteiger charge is 2.48. The van der Waals surface area contributed by atoms with Gasteiger partial charge in [-0.25, -0.2) is 4.68 Å². The SMILES string of the molecule is C=C(/C=C\C=C/C)[C@H](Nc1cc(Cl)c2ncc(C#N)c(NC3C4CC5CC(C4)CC3C5)c2c1)c1cn(C2CCN(C(C)(C)C)CC2)nn1. The van der Waals surface area contributed by atoms with E-state index in [1.165, 1.54) is 32.1 Å². The summed E-state index contributed by atoms with van der Waals surface area (Å²) in [5.74, 6) is 3.07. The third-order valence-corrected chi connectivity index (χ3v) is 11.8. The van der Waals surface area contributed by atoms with Gasteiger partial charge in [0.25, 0.3) is 0 Å². The molecule has 1 saturated heterocycles. The van der Waals surface area contributed by atoms with Gasteiger partial charge in [0.2, 0.25) is 0 Å². The molecule has 48 heavy (non-hydrogen) atoms. The monoisotopic (exact) mass is 664 g/mol. The number of nitriles is 1. The molecule has 0 radical (unpaired) electrons. The van der Waals surface area contributed by atoms with E-state index in [-0.39, 0.29) is 11.6 Å². The number of anilines is 2. The summed E-state index contributed by atoms with van der Waals surface area (Å²) in [5.41, 5.74) is 4.74. The fourth-order valence-corrected chi connectivity index (χ4v) is 9.49. The molecule has 3 heterocycles. The molecule has 2 N–H and O–H groups in total. The molecule has 5 aliphatic rings. The number of nitrogens with zero attached hydrogens (tertiary/aromatic N) is 6. The standard InChI is InChI=1S/C39H49ClN8/c1-6-7-8-9-24(2)35(34-23-48(46-45-34)31-10-12-47(13-11-31)39(3,4)5)43-30-19-32-37(29(21-41)22-42-38(32)33(40)20-30)44-36-27-15-25-14-26(17-27)18-28(36)16-25/h6-9,19-20,22-23,25-28,31,35-36,43H,2,10-18H2,1,3-5H3,(H,42,44)/b7-6-,9-8-/t25?,26?,27?,28?,35-,36?/m0/s1. The first-order valence-corrected chi connectivity index (χ1v) is 18.2. The Bertz CT molecular complexity index is 1740. The fourth-order valence-electron chi connectivity index (χ4n) is 9.22. The second-order valence-corrected chi connectivity index (χ2v) is 16.1. The molecule has 8 nitrogen and oxygen atoms in total. The lowest BCUT2D eigenvalue weighted by Gasteiger charge is -2.54. The van der Waals surface area contributed by atoms with Crippen molar-refractivity contribution < 1.29 is 0 Å². The maximum absolute atomic E-state index is 10.2. The zero-order chi connectivity index (χ0) is 33.6. The molecule has 8 rings (SSSR count). The molecule has 2 aromatic heterocycles. The van der Waals surface area contributed by atoms with Crippen molar-refractivity contribution in [2.45, 2.75) is 96.3 Å². The molecule has 9 heteroatoms. The van der Waals surface area contributed by atoms with Gasteiger partial charge in [0.1, 0.15) is 11.8 Å². The highest BCUT2D eigenvalue weighted by atomic mass is 35.5. The van der Waals surface area contributed by atoms with Crippen molar-refractivity contribution in [1.29, 1.82) is 5.26 Å². The van der Waals surface area contributed by atoms with Gasteiger partial charge in [-0.15, -0.1) is 5.10 Å². The number of nitrogens with one attached hydrogen (secondary N) is 2. The molecule has 1 aliphatic heterocycles. The number of piperidine rings is 1. The molecule has 5 fully saturated rings. The van der Waals surface area contributed by atoms with Crippen LogP contribution in [0.4, 0.5) is 11.4 Å². The molecular formula is C39H49ClN8. The van der Waals surface area contributed by atoms with Crippen LogP contribution >= 0.6 is 11.6 Å². The van der Waals surface area contributed by atoms with E-state index in [9.17, 15) is 5.26 Å². The Morgan fingerprint density at radius 1 is 1.08 bits per heavy atom. The van der Waals surface area contributed by atoms with Crippen LogP contribution in [0.5, 0.6) is 0 Å². The Morgan fingerprint density at radius 2 is 1.79 bits per heavy atom.